The number of aliphatic hydroxyl groups is 2. The molecule has 0 aromatic heterocycles. The second-order valence-corrected chi connectivity index (χ2v) is 6.25. The Labute approximate surface area is 155 Å². The van der Waals surface area contributed by atoms with Crippen molar-refractivity contribution in [3.63, 3.8) is 0 Å². The first kappa shape index (κ1) is 20.0. The molecule has 0 bridgehead atoms. The van der Waals surface area contributed by atoms with Gasteiger partial charge in [-0.15, -0.1) is 0 Å². The highest BCUT2D eigenvalue weighted by Gasteiger charge is 2.11. The molecule has 0 amide bonds. The second kappa shape index (κ2) is 10.6. The molecule has 2 N–H and O–H groups in total. The van der Waals surface area contributed by atoms with Crippen molar-refractivity contribution in [3.8, 4) is 11.5 Å². The van der Waals surface area contributed by atoms with Crippen LogP contribution in [0.25, 0.3) is 0 Å². The maximum Gasteiger partial charge on any atom is 0.118 e. The van der Waals surface area contributed by atoms with Crippen LogP contribution in [0.2, 0.25) is 0 Å². The lowest BCUT2D eigenvalue weighted by Crippen LogP contribution is -2.04. The van der Waals surface area contributed by atoms with Crippen molar-refractivity contribution >= 4 is 0 Å². The van der Waals surface area contributed by atoms with E-state index in [1.807, 2.05) is 48.5 Å². The fraction of sp³-hybridized carbons (Fsp3) is 0.364. The molecule has 140 valence electrons. The van der Waals surface area contributed by atoms with Gasteiger partial charge in [-0.25, -0.2) is 0 Å². The molecular formula is C22H28O4. The van der Waals surface area contributed by atoms with Crippen LogP contribution in [0.1, 0.15) is 35.8 Å². The van der Waals surface area contributed by atoms with Crippen molar-refractivity contribution in [1.82, 2.24) is 0 Å². The van der Waals surface area contributed by atoms with Crippen LogP contribution in [0, 0.1) is 0 Å². The van der Waals surface area contributed by atoms with Crippen molar-refractivity contribution in [3.05, 3.63) is 71.8 Å². The molecule has 2 atom stereocenters. The Hall–Kier alpha value is -2.30. The Balaban J connectivity index is 1.91. The summed E-state index contributed by atoms with van der Waals surface area (Å²) in [6.45, 7) is 0.192. The van der Waals surface area contributed by atoms with E-state index in [0.29, 0.717) is 0 Å². The summed E-state index contributed by atoms with van der Waals surface area (Å²) in [5, 5.41) is 19.3. The van der Waals surface area contributed by atoms with E-state index in [2.05, 4.69) is 12.2 Å². The van der Waals surface area contributed by atoms with Crippen molar-refractivity contribution in [2.24, 2.45) is 0 Å². The number of allylic oxidation sites excluding steroid dienone is 2. The van der Waals surface area contributed by atoms with Gasteiger partial charge in [0.05, 0.1) is 27.4 Å². The topological polar surface area (TPSA) is 58.9 Å². The van der Waals surface area contributed by atoms with Gasteiger partial charge in [-0.3, -0.25) is 0 Å². The number of rotatable bonds is 10. The van der Waals surface area contributed by atoms with Crippen LogP contribution in [0.15, 0.2) is 60.7 Å². The van der Waals surface area contributed by atoms with Crippen LogP contribution < -0.4 is 9.47 Å². The van der Waals surface area contributed by atoms with E-state index in [9.17, 15) is 10.2 Å². The third-order valence-electron chi connectivity index (χ3n) is 4.62. The highest BCUT2D eigenvalue weighted by Crippen LogP contribution is 2.25. The number of benzene rings is 2. The summed E-state index contributed by atoms with van der Waals surface area (Å²) in [4.78, 5) is 0. The molecule has 2 aromatic rings. The number of aliphatic hydroxyl groups excluding tert-OH is 2. The molecule has 0 saturated heterocycles. The van der Waals surface area contributed by atoms with Crippen LogP contribution in [0.5, 0.6) is 11.5 Å². The molecule has 0 aliphatic heterocycles. The van der Waals surface area contributed by atoms with Crippen molar-refractivity contribution in [2.75, 3.05) is 27.4 Å². The predicted molar refractivity (Wildman–Crippen MR) is 104 cm³/mol. The van der Waals surface area contributed by atoms with Gasteiger partial charge in [0.15, 0.2) is 0 Å². The Morgan fingerprint density at radius 2 is 1.04 bits per heavy atom. The summed E-state index contributed by atoms with van der Waals surface area (Å²) < 4.78 is 10.3. The van der Waals surface area contributed by atoms with Gasteiger partial charge >= 0.3 is 0 Å². The minimum absolute atomic E-state index is 0.0609. The third-order valence-corrected chi connectivity index (χ3v) is 4.62. The van der Waals surface area contributed by atoms with Crippen molar-refractivity contribution in [1.29, 1.82) is 0 Å². The molecule has 4 nitrogen and oxygen atoms in total. The maximum atomic E-state index is 9.67. The molecule has 0 fully saturated rings. The van der Waals surface area contributed by atoms with E-state index in [4.69, 9.17) is 9.47 Å². The summed E-state index contributed by atoms with van der Waals surface area (Å²) in [6.07, 6.45) is 5.67. The van der Waals surface area contributed by atoms with E-state index in [-0.39, 0.29) is 25.0 Å². The molecule has 4 heteroatoms. The summed E-state index contributed by atoms with van der Waals surface area (Å²) in [5.41, 5.74) is 2.18. The number of ether oxygens (including phenoxy) is 2. The molecule has 2 aromatic carbocycles. The summed E-state index contributed by atoms with van der Waals surface area (Å²) in [6, 6.07) is 15.6. The zero-order valence-electron chi connectivity index (χ0n) is 15.5. The zero-order valence-corrected chi connectivity index (χ0v) is 15.5. The quantitative estimate of drug-likeness (QED) is 0.634. The Morgan fingerprint density at radius 1 is 0.692 bits per heavy atom. The van der Waals surface area contributed by atoms with Gasteiger partial charge in [0.1, 0.15) is 11.5 Å². The summed E-state index contributed by atoms with van der Waals surface area (Å²) in [5.74, 6) is 1.74. The zero-order chi connectivity index (χ0) is 18.8. The average molecular weight is 356 g/mol. The lowest BCUT2D eigenvalue weighted by atomic mass is 9.94. The van der Waals surface area contributed by atoms with Gasteiger partial charge in [-0.05, 0) is 48.2 Å². The minimum Gasteiger partial charge on any atom is -0.497 e. The van der Waals surface area contributed by atoms with Gasteiger partial charge in [-0.1, -0.05) is 36.4 Å². The van der Waals surface area contributed by atoms with E-state index >= 15 is 0 Å². The van der Waals surface area contributed by atoms with Crippen LogP contribution >= 0.6 is 0 Å². The van der Waals surface area contributed by atoms with E-state index in [1.54, 1.807) is 14.2 Å². The largest absolute Gasteiger partial charge is 0.497 e. The average Bonchev–Trinajstić information content (AvgIpc) is 2.71. The van der Waals surface area contributed by atoms with Gasteiger partial charge < -0.3 is 19.7 Å². The maximum absolute atomic E-state index is 9.67. The van der Waals surface area contributed by atoms with Crippen molar-refractivity contribution < 1.29 is 19.7 Å². The number of hydrogen-bond donors (Lipinski definition) is 2. The van der Waals surface area contributed by atoms with Crippen LogP contribution in [-0.4, -0.2) is 37.6 Å². The second-order valence-electron chi connectivity index (χ2n) is 6.25. The number of methoxy groups -OCH3 is 2. The SMILES string of the molecule is COc1ccc(C(CO)C/C=C/CC(CO)c2ccc(OC)cc2)cc1. The van der Waals surface area contributed by atoms with E-state index < -0.39 is 0 Å². The molecule has 2 rings (SSSR count). The summed E-state index contributed by atoms with van der Waals surface area (Å²) in [7, 11) is 3.28. The molecule has 0 aliphatic carbocycles. The smallest absolute Gasteiger partial charge is 0.118 e. The molecule has 0 saturated carbocycles. The highest BCUT2D eigenvalue weighted by atomic mass is 16.5. The van der Waals surface area contributed by atoms with E-state index in [0.717, 1.165) is 35.5 Å². The fourth-order valence-electron chi connectivity index (χ4n) is 2.91. The molecule has 0 spiro atoms. The molecule has 26 heavy (non-hydrogen) atoms. The first-order valence-corrected chi connectivity index (χ1v) is 8.86. The monoisotopic (exact) mass is 356 g/mol. The Bertz CT molecular complexity index is 602. The Kier molecular flexibility index (Phi) is 8.19. The normalized spacial score (nSPS) is 13.5. The van der Waals surface area contributed by atoms with Gasteiger partial charge in [0.25, 0.3) is 0 Å². The van der Waals surface area contributed by atoms with Crippen LogP contribution in [-0.2, 0) is 0 Å². The summed E-state index contributed by atoms with van der Waals surface area (Å²) >= 11 is 0. The Morgan fingerprint density at radius 3 is 1.31 bits per heavy atom. The molecule has 0 radical (unpaired) electrons. The predicted octanol–water partition coefficient (Wildman–Crippen LogP) is 3.89. The molecule has 0 heterocycles. The molecule has 2 unspecified atom stereocenters. The minimum atomic E-state index is 0.0609. The van der Waals surface area contributed by atoms with Crippen LogP contribution in [0.3, 0.4) is 0 Å². The molecular weight excluding hydrogens is 328 g/mol. The van der Waals surface area contributed by atoms with Crippen molar-refractivity contribution in [2.45, 2.75) is 24.7 Å². The van der Waals surface area contributed by atoms with Gasteiger partial charge in [-0.2, -0.15) is 0 Å². The third kappa shape index (κ3) is 5.61. The van der Waals surface area contributed by atoms with Gasteiger partial charge in [0, 0.05) is 11.8 Å². The van der Waals surface area contributed by atoms with Crippen LogP contribution in [0.4, 0.5) is 0 Å². The lowest BCUT2D eigenvalue weighted by molar-refractivity contribution is 0.263. The first-order chi connectivity index (χ1) is 12.7. The highest BCUT2D eigenvalue weighted by molar-refractivity contribution is 5.31. The molecule has 0 aliphatic rings. The first-order valence-electron chi connectivity index (χ1n) is 8.86. The van der Waals surface area contributed by atoms with Gasteiger partial charge in [0.2, 0.25) is 0 Å². The fourth-order valence-corrected chi connectivity index (χ4v) is 2.91. The lowest BCUT2D eigenvalue weighted by Gasteiger charge is -2.14. The standard InChI is InChI=1S/C22H28O4/c1-25-21-11-7-17(8-12-21)19(15-23)5-3-4-6-20(16-24)18-9-13-22(26-2)14-10-18/h3-4,7-14,19-20,23-24H,5-6,15-16H2,1-2H3/b4-3+. The number of hydrogen-bond acceptors (Lipinski definition) is 4. The van der Waals surface area contributed by atoms with E-state index in [1.165, 1.54) is 0 Å².